The summed E-state index contributed by atoms with van der Waals surface area (Å²) >= 11 is 0. The first-order valence-electron chi connectivity index (χ1n) is 10.3. The molecule has 3 aromatic rings. The summed E-state index contributed by atoms with van der Waals surface area (Å²) in [6.07, 6.45) is -1.13. The molecule has 0 aromatic heterocycles. The van der Waals surface area contributed by atoms with Gasteiger partial charge in [-0.15, -0.1) is 0 Å². The molecule has 1 N–H and O–H groups in total. The predicted octanol–water partition coefficient (Wildman–Crippen LogP) is 4.43. The fraction of sp³-hybridized carbons (Fsp3) is 0.192. The zero-order valence-electron chi connectivity index (χ0n) is 18.9. The van der Waals surface area contributed by atoms with E-state index in [9.17, 15) is 14.4 Å². The van der Waals surface area contributed by atoms with Crippen molar-refractivity contribution in [1.82, 2.24) is 0 Å². The highest BCUT2D eigenvalue weighted by Crippen LogP contribution is 2.29. The number of methoxy groups -OCH3 is 2. The van der Waals surface area contributed by atoms with Gasteiger partial charge in [-0.05, 0) is 32.0 Å². The zero-order valence-corrected chi connectivity index (χ0v) is 18.9. The molecule has 1 unspecified atom stereocenters. The summed E-state index contributed by atoms with van der Waals surface area (Å²) in [4.78, 5) is 38.5. The maximum atomic E-state index is 13.0. The number of benzene rings is 3. The molecule has 0 heterocycles. The quantitative estimate of drug-likeness (QED) is 0.406. The molecule has 0 bridgehead atoms. The number of carbonyl (C=O) groups is 3. The van der Waals surface area contributed by atoms with Gasteiger partial charge in [0.25, 0.3) is 5.91 Å². The Hall–Kier alpha value is -4.13. The van der Waals surface area contributed by atoms with E-state index >= 15 is 0 Å². The molecule has 0 saturated carbocycles. The fourth-order valence-corrected chi connectivity index (χ4v) is 3.14. The van der Waals surface area contributed by atoms with Crippen LogP contribution >= 0.6 is 0 Å². The lowest BCUT2D eigenvalue weighted by molar-refractivity contribution is -0.123. The zero-order chi connectivity index (χ0) is 24.0. The van der Waals surface area contributed by atoms with Gasteiger partial charge in [-0.2, -0.15) is 0 Å². The molecule has 7 nitrogen and oxygen atoms in total. The number of ketones is 1. The van der Waals surface area contributed by atoms with Crippen molar-refractivity contribution < 1.29 is 28.6 Å². The molecule has 0 saturated heterocycles. The van der Waals surface area contributed by atoms with Crippen LogP contribution in [0.5, 0.6) is 11.5 Å². The van der Waals surface area contributed by atoms with Gasteiger partial charge in [-0.25, -0.2) is 4.79 Å². The number of esters is 1. The van der Waals surface area contributed by atoms with Crippen LogP contribution in [0.4, 0.5) is 5.69 Å². The lowest BCUT2D eigenvalue weighted by Gasteiger charge is -2.16. The number of hydrogen-bond acceptors (Lipinski definition) is 6. The van der Waals surface area contributed by atoms with Crippen molar-refractivity contribution in [3.05, 3.63) is 89.0 Å². The molecule has 0 aliphatic carbocycles. The number of rotatable bonds is 8. The van der Waals surface area contributed by atoms with Crippen molar-refractivity contribution in [2.24, 2.45) is 0 Å². The molecule has 0 spiro atoms. The summed E-state index contributed by atoms with van der Waals surface area (Å²) in [7, 11) is 2.98. The van der Waals surface area contributed by atoms with Crippen molar-refractivity contribution >= 4 is 23.3 Å². The smallest absolute Gasteiger partial charge is 0.339 e. The van der Waals surface area contributed by atoms with E-state index in [1.54, 1.807) is 48.5 Å². The molecule has 33 heavy (non-hydrogen) atoms. The van der Waals surface area contributed by atoms with Crippen LogP contribution in [0.15, 0.2) is 66.7 Å². The van der Waals surface area contributed by atoms with Gasteiger partial charge in [-0.3, -0.25) is 9.59 Å². The molecule has 0 aliphatic rings. The third kappa shape index (κ3) is 5.57. The first kappa shape index (κ1) is 23.5. The van der Waals surface area contributed by atoms with Gasteiger partial charge in [0.15, 0.2) is 11.9 Å². The molecule has 7 heteroatoms. The molecule has 1 amide bonds. The highest BCUT2D eigenvalue weighted by atomic mass is 16.5. The third-order valence-corrected chi connectivity index (χ3v) is 5.02. The summed E-state index contributed by atoms with van der Waals surface area (Å²) < 4.78 is 15.8. The maximum absolute atomic E-state index is 13.0. The van der Waals surface area contributed by atoms with Gasteiger partial charge in [0.2, 0.25) is 0 Å². The lowest BCUT2D eigenvalue weighted by atomic mass is 9.98. The first-order valence-corrected chi connectivity index (χ1v) is 10.3. The number of ether oxygens (including phenoxy) is 3. The summed E-state index contributed by atoms with van der Waals surface area (Å²) in [5.41, 5.74) is 2.14. The van der Waals surface area contributed by atoms with Gasteiger partial charge < -0.3 is 19.5 Å². The Balaban J connectivity index is 1.76. The number of carbonyl (C=O) groups excluding carboxylic acids is 3. The number of amides is 1. The number of anilines is 1. The van der Waals surface area contributed by atoms with E-state index < -0.39 is 18.0 Å². The van der Waals surface area contributed by atoms with Crippen LogP contribution in [0.3, 0.4) is 0 Å². The predicted molar refractivity (Wildman–Crippen MR) is 124 cm³/mol. The molecule has 0 radical (unpaired) electrons. The van der Waals surface area contributed by atoms with Crippen LogP contribution in [0.1, 0.15) is 38.8 Å². The first-order chi connectivity index (χ1) is 15.8. The molecule has 3 rings (SSSR count). The van der Waals surface area contributed by atoms with E-state index in [2.05, 4.69) is 5.32 Å². The van der Waals surface area contributed by atoms with E-state index in [0.29, 0.717) is 22.7 Å². The Morgan fingerprint density at radius 3 is 2.15 bits per heavy atom. The Morgan fingerprint density at radius 2 is 1.52 bits per heavy atom. The van der Waals surface area contributed by atoms with Crippen LogP contribution in [0.25, 0.3) is 0 Å². The molecule has 0 aliphatic heterocycles. The normalized spacial score (nSPS) is 11.3. The van der Waals surface area contributed by atoms with Crippen molar-refractivity contribution in [2.45, 2.75) is 20.0 Å². The van der Waals surface area contributed by atoms with Gasteiger partial charge in [-0.1, -0.05) is 48.0 Å². The average Bonchev–Trinajstić information content (AvgIpc) is 2.83. The average molecular weight is 447 g/mol. The standard InChI is InChI=1S/C26H25NO6/c1-16-9-11-18(12-10-16)24(28)20-7-5-6-8-21(20)26(30)33-17(2)25(29)27-22-15-19(31-3)13-14-23(22)32-4/h5-15,17H,1-4H3,(H,27,29). The highest BCUT2D eigenvalue weighted by Gasteiger charge is 2.24. The van der Waals surface area contributed by atoms with Crippen LogP contribution in [0, 0.1) is 6.92 Å². The Bertz CT molecular complexity index is 1170. The second-order valence-electron chi connectivity index (χ2n) is 7.34. The van der Waals surface area contributed by atoms with E-state index in [1.165, 1.54) is 27.2 Å². The monoisotopic (exact) mass is 447 g/mol. The largest absolute Gasteiger partial charge is 0.497 e. The Labute approximate surface area is 192 Å². The van der Waals surface area contributed by atoms with E-state index in [-0.39, 0.29) is 16.9 Å². The van der Waals surface area contributed by atoms with Crippen LogP contribution in [0.2, 0.25) is 0 Å². The fourth-order valence-electron chi connectivity index (χ4n) is 3.14. The number of nitrogens with one attached hydrogen (secondary N) is 1. The molecule has 1 atom stereocenters. The SMILES string of the molecule is COc1ccc(OC)c(NC(=O)C(C)OC(=O)c2ccccc2C(=O)c2ccc(C)cc2)c1. The van der Waals surface area contributed by atoms with Crippen molar-refractivity contribution in [3.8, 4) is 11.5 Å². The Morgan fingerprint density at radius 1 is 0.848 bits per heavy atom. The van der Waals surface area contributed by atoms with Gasteiger partial charge in [0, 0.05) is 17.2 Å². The highest BCUT2D eigenvalue weighted by molar-refractivity contribution is 6.14. The summed E-state index contributed by atoms with van der Waals surface area (Å²) in [6, 6.07) is 18.4. The summed E-state index contributed by atoms with van der Waals surface area (Å²) in [5, 5.41) is 2.67. The topological polar surface area (TPSA) is 90.9 Å². The van der Waals surface area contributed by atoms with Gasteiger partial charge in [0.05, 0.1) is 25.5 Å². The van der Waals surface area contributed by atoms with Crippen molar-refractivity contribution in [2.75, 3.05) is 19.5 Å². The van der Waals surface area contributed by atoms with Crippen LogP contribution in [-0.2, 0) is 9.53 Å². The maximum Gasteiger partial charge on any atom is 0.339 e. The number of hydrogen-bond donors (Lipinski definition) is 1. The Kier molecular flexibility index (Phi) is 7.46. The van der Waals surface area contributed by atoms with E-state index in [0.717, 1.165) is 5.56 Å². The van der Waals surface area contributed by atoms with E-state index in [4.69, 9.17) is 14.2 Å². The second kappa shape index (κ2) is 10.5. The molecule has 170 valence electrons. The summed E-state index contributed by atoms with van der Waals surface area (Å²) in [5.74, 6) is -0.680. The molecule has 0 fully saturated rings. The molecule has 3 aromatic carbocycles. The van der Waals surface area contributed by atoms with Crippen molar-refractivity contribution in [1.29, 1.82) is 0 Å². The third-order valence-electron chi connectivity index (χ3n) is 5.02. The minimum absolute atomic E-state index is 0.0849. The van der Waals surface area contributed by atoms with Gasteiger partial charge in [0.1, 0.15) is 11.5 Å². The van der Waals surface area contributed by atoms with Gasteiger partial charge >= 0.3 is 5.97 Å². The van der Waals surface area contributed by atoms with E-state index in [1.807, 2.05) is 19.1 Å². The minimum Gasteiger partial charge on any atom is -0.497 e. The van der Waals surface area contributed by atoms with Crippen molar-refractivity contribution in [3.63, 3.8) is 0 Å². The minimum atomic E-state index is -1.13. The van der Waals surface area contributed by atoms with Crippen LogP contribution < -0.4 is 14.8 Å². The summed E-state index contributed by atoms with van der Waals surface area (Å²) in [6.45, 7) is 3.37. The second-order valence-corrected chi connectivity index (χ2v) is 7.34. The number of aryl methyl sites for hydroxylation is 1. The lowest BCUT2D eigenvalue weighted by Crippen LogP contribution is -2.30. The molecular weight excluding hydrogens is 422 g/mol. The van der Waals surface area contributed by atoms with Crippen LogP contribution in [-0.4, -0.2) is 38.0 Å². The molecular formula is C26H25NO6.